The first-order valence-corrected chi connectivity index (χ1v) is 5.73. The van der Waals surface area contributed by atoms with E-state index in [4.69, 9.17) is 9.84 Å². The van der Waals surface area contributed by atoms with Crippen LogP contribution in [0.4, 0.5) is 4.79 Å². The maximum atomic E-state index is 11.6. The van der Waals surface area contributed by atoms with E-state index in [1.54, 1.807) is 0 Å². The van der Waals surface area contributed by atoms with Gasteiger partial charge in [-0.25, -0.2) is 4.79 Å². The number of ether oxygens (including phenoxy) is 1. The van der Waals surface area contributed by atoms with Crippen molar-refractivity contribution in [2.24, 2.45) is 5.92 Å². The lowest BCUT2D eigenvalue weighted by Crippen LogP contribution is -2.43. The third-order valence-electron chi connectivity index (χ3n) is 2.91. The van der Waals surface area contributed by atoms with Crippen molar-refractivity contribution >= 4 is 12.1 Å². The molecule has 1 aliphatic rings. The number of carboxylic acids is 1. The highest BCUT2D eigenvalue weighted by molar-refractivity contribution is 5.73. The summed E-state index contributed by atoms with van der Waals surface area (Å²) >= 11 is 0. The van der Waals surface area contributed by atoms with Gasteiger partial charge in [0.1, 0.15) is 6.10 Å². The Labute approximate surface area is 95.4 Å². The second kappa shape index (κ2) is 5.72. The Bertz CT molecular complexity index is 267. The third-order valence-corrected chi connectivity index (χ3v) is 2.91. The van der Waals surface area contributed by atoms with Gasteiger partial charge in [0.25, 0.3) is 0 Å². The number of nitrogens with zero attached hydrogens (tertiary/aromatic N) is 1. The van der Waals surface area contributed by atoms with Crippen LogP contribution in [0.5, 0.6) is 0 Å². The first kappa shape index (κ1) is 12.8. The maximum absolute atomic E-state index is 11.6. The van der Waals surface area contributed by atoms with E-state index in [-0.39, 0.29) is 18.7 Å². The van der Waals surface area contributed by atoms with Crippen LogP contribution in [-0.4, -0.2) is 41.3 Å². The van der Waals surface area contributed by atoms with Crippen LogP contribution in [0.25, 0.3) is 0 Å². The van der Waals surface area contributed by atoms with Crippen molar-refractivity contribution < 1.29 is 19.4 Å². The summed E-state index contributed by atoms with van der Waals surface area (Å²) in [5.41, 5.74) is 0. The Morgan fingerprint density at radius 2 is 2.25 bits per heavy atom. The van der Waals surface area contributed by atoms with Crippen molar-refractivity contribution in [3.05, 3.63) is 0 Å². The monoisotopic (exact) mass is 229 g/mol. The Kier molecular flexibility index (Phi) is 4.58. The standard InChI is InChI=1S/C11H19NO4/c1-3-8(2)16-11(15)12-6-4-5-9(7-12)10(13)14/h8-9H,3-7H2,1-2H3,(H,13,14)/t8?,9-/m0/s1. The minimum absolute atomic E-state index is 0.113. The zero-order valence-electron chi connectivity index (χ0n) is 9.81. The number of rotatable bonds is 3. The number of carbonyl (C=O) groups excluding carboxylic acids is 1. The number of carboxylic acid groups (broad SMARTS) is 1. The molecule has 0 spiro atoms. The van der Waals surface area contributed by atoms with Gasteiger partial charge in [0.15, 0.2) is 0 Å². The number of amides is 1. The van der Waals surface area contributed by atoms with Crippen LogP contribution in [0.2, 0.25) is 0 Å². The third kappa shape index (κ3) is 3.40. The van der Waals surface area contributed by atoms with E-state index < -0.39 is 11.9 Å². The molecular weight excluding hydrogens is 210 g/mol. The number of aliphatic carboxylic acids is 1. The van der Waals surface area contributed by atoms with Crippen LogP contribution < -0.4 is 0 Å². The molecule has 1 unspecified atom stereocenters. The van der Waals surface area contributed by atoms with Crippen LogP contribution in [0.3, 0.4) is 0 Å². The van der Waals surface area contributed by atoms with Gasteiger partial charge >= 0.3 is 12.1 Å². The highest BCUT2D eigenvalue weighted by atomic mass is 16.6. The quantitative estimate of drug-likeness (QED) is 0.800. The Morgan fingerprint density at radius 1 is 1.56 bits per heavy atom. The van der Waals surface area contributed by atoms with Crippen molar-refractivity contribution in [2.75, 3.05) is 13.1 Å². The molecule has 0 aromatic heterocycles. The molecule has 5 nitrogen and oxygen atoms in total. The fraction of sp³-hybridized carbons (Fsp3) is 0.818. The summed E-state index contributed by atoms with van der Waals surface area (Å²) in [5, 5.41) is 8.89. The number of piperidine rings is 1. The minimum atomic E-state index is -0.832. The SMILES string of the molecule is CCC(C)OC(=O)N1CCC[C@H](C(=O)O)C1. The Balaban J connectivity index is 2.47. The predicted octanol–water partition coefficient (Wildman–Crippen LogP) is 1.72. The number of hydrogen-bond donors (Lipinski definition) is 1. The zero-order chi connectivity index (χ0) is 12.1. The molecule has 0 bridgehead atoms. The van der Waals surface area contributed by atoms with Crippen LogP contribution in [-0.2, 0) is 9.53 Å². The molecule has 1 fully saturated rings. The predicted molar refractivity (Wildman–Crippen MR) is 58.2 cm³/mol. The molecule has 1 saturated heterocycles. The minimum Gasteiger partial charge on any atom is -0.481 e. The summed E-state index contributed by atoms with van der Waals surface area (Å²) in [6.45, 7) is 4.63. The van der Waals surface area contributed by atoms with Gasteiger partial charge in [-0.1, -0.05) is 6.92 Å². The normalized spacial score (nSPS) is 22.6. The zero-order valence-corrected chi connectivity index (χ0v) is 9.81. The van der Waals surface area contributed by atoms with Gasteiger partial charge in [-0.2, -0.15) is 0 Å². The molecule has 0 aliphatic carbocycles. The lowest BCUT2D eigenvalue weighted by atomic mass is 9.99. The van der Waals surface area contributed by atoms with E-state index in [0.29, 0.717) is 13.0 Å². The summed E-state index contributed by atoms with van der Waals surface area (Å²) in [6, 6.07) is 0. The fourth-order valence-corrected chi connectivity index (χ4v) is 1.67. The molecule has 0 saturated carbocycles. The first-order chi connectivity index (χ1) is 7.54. The molecule has 0 radical (unpaired) electrons. The molecule has 16 heavy (non-hydrogen) atoms. The van der Waals surface area contributed by atoms with E-state index in [2.05, 4.69) is 0 Å². The van der Waals surface area contributed by atoms with Crippen LogP contribution >= 0.6 is 0 Å². The van der Waals surface area contributed by atoms with Gasteiger partial charge in [-0.15, -0.1) is 0 Å². The molecule has 1 N–H and O–H groups in total. The molecule has 1 heterocycles. The smallest absolute Gasteiger partial charge is 0.410 e. The Morgan fingerprint density at radius 3 is 2.81 bits per heavy atom. The van der Waals surface area contributed by atoms with E-state index in [1.807, 2.05) is 13.8 Å². The van der Waals surface area contributed by atoms with E-state index in [1.165, 1.54) is 4.90 Å². The fourth-order valence-electron chi connectivity index (χ4n) is 1.67. The van der Waals surface area contributed by atoms with Gasteiger partial charge < -0.3 is 14.7 Å². The van der Waals surface area contributed by atoms with Crippen molar-refractivity contribution in [1.82, 2.24) is 4.90 Å². The first-order valence-electron chi connectivity index (χ1n) is 5.73. The lowest BCUT2D eigenvalue weighted by molar-refractivity contribution is -0.143. The molecule has 0 aromatic rings. The summed E-state index contributed by atoms with van der Waals surface area (Å²) < 4.78 is 5.16. The summed E-state index contributed by atoms with van der Waals surface area (Å²) in [7, 11) is 0. The lowest BCUT2D eigenvalue weighted by Gasteiger charge is -2.30. The van der Waals surface area contributed by atoms with Gasteiger partial charge in [0.05, 0.1) is 5.92 Å². The largest absolute Gasteiger partial charge is 0.481 e. The van der Waals surface area contributed by atoms with Gasteiger partial charge in [0, 0.05) is 13.1 Å². The molecule has 5 heteroatoms. The number of hydrogen-bond acceptors (Lipinski definition) is 3. The molecular formula is C11H19NO4. The summed E-state index contributed by atoms with van der Waals surface area (Å²) in [4.78, 5) is 24.0. The summed E-state index contributed by atoms with van der Waals surface area (Å²) in [5.74, 6) is -1.28. The molecule has 1 aliphatic heterocycles. The van der Waals surface area contributed by atoms with Crippen molar-refractivity contribution in [2.45, 2.75) is 39.2 Å². The number of carbonyl (C=O) groups is 2. The van der Waals surface area contributed by atoms with E-state index >= 15 is 0 Å². The van der Waals surface area contributed by atoms with E-state index in [0.717, 1.165) is 12.8 Å². The average Bonchev–Trinajstić information content (AvgIpc) is 2.28. The molecule has 92 valence electrons. The second-order valence-corrected chi connectivity index (χ2v) is 4.23. The molecule has 2 atom stereocenters. The highest BCUT2D eigenvalue weighted by Crippen LogP contribution is 2.17. The highest BCUT2D eigenvalue weighted by Gasteiger charge is 2.29. The second-order valence-electron chi connectivity index (χ2n) is 4.23. The molecule has 0 aromatic carbocycles. The van der Waals surface area contributed by atoms with Crippen molar-refractivity contribution in [3.8, 4) is 0 Å². The number of likely N-dealkylation sites (tertiary alicyclic amines) is 1. The average molecular weight is 229 g/mol. The summed E-state index contributed by atoms with van der Waals surface area (Å²) in [6.07, 6.45) is 1.63. The topological polar surface area (TPSA) is 66.8 Å². The van der Waals surface area contributed by atoms with Crippen molar-refractivity contribution in [3.63, 3.8) is 0 Å². The van der Waals surface area contributed by atoms with E-state index in [9.17, 15) is 9.59 Å². The van der Waals surface area contributed by atoms with Gasteiger partial charge in [-0.05, 0) is 26.2 Å². The van der Waals surface area contributed by atoms with Crippen LogP contribution in [0.15, 0.2) is 0 Å². The van der Waals surface area contributed by atoms with Crippen LogP contribution in [0.1, 0.15) is 33.1 Å². The van der Waals surface area contributed by atoms with Crippen molar-refractivity contribution in [1.29, 1.82) is 0 Å². The molecule has 1 amide bonds. The van der Waals surface area contributed by atoms with Gasteiger partial charge in [0.2, 0.25) is 0 Å². The maximum Gasteiger partial charge on any atom is 0.410 e. The van der Waals surface area contributed by atoms with Crippen LogP contribution in [0, 0.1) is 5.92 Å². The molecule has 1 rings (SSSR count). The Hall–Kier alpha value is -1.26. The van der Waals surface area contributed by atoms with Gasteiger partial charge in [-0.3, -0.25) is 4.79 Å².